The lowest BCUT2D eigenvalue weighted by Crippen LogP contribution is -2.30. The molecule has 1 unspecified atom stereocenters. The van der Waals surface area contributed by atoms with Gasteiger partial charge in [0.15, 0.2) is 6.10 Å². The smallest absolute Gasteiger partial charge is 0.383 e. The van der Waals surface area contributed by atoms with Crippen LogP contribution >= 0.6 is 0 Å². The average molecular weight is 262 g/mol. The van der Waals surface area contributed by atoms with E-state index in [1.165, 1.54) is 4.68 Å². The standard InChI is InChI=1S/C9H9F3N4O2/c1-16-3-2-5(14-16)8-13-7(18-15-8)4-6(17)9(10,11)12/h2-3,6,17H,4H2,1H3. The molecule has 1 atom stereocenters. The molecule has 0 aliphatic heterocycles. The van der Waals surface area contributed by atoms with Gasteiger partial charge in [-0.25, -0.2) is 0 Å². The van der Waals surface area contributed by atoms with Crippen LogP contribution in [0.25, 0.3) is 11.5 Å². The number of hydrogen-bond donors (Lipinski definition) is 1. The highest BCUT2D eigenvalue weighted by Crippen LogP contribution is 2.23. The van der Waals surface area contributed by atoms with Crippen LogP contribution in [0.15, 0.2) is 16.8 Å². The fraction of sp³-hybridized carbons (Fsp3) is 0.444. The Bertz CT molecular complexity index is 534. The molecule has 0 saturated heterocycles. The molecule has 6 nitrogen and oxygen atoms in total. The van der Waals surface area contributed by atoms with E-state index in [0.29, 0.717) is 5.69 Å². The van der Waals surface area contributed by atoms with Gasteiger partial charge in [-0.2, -0.15) is 23.3 Å². The van der Waals surface area contributed by atoms with Crippen LogP contribution in [0.5, 0.6) is 0 Å². The fourth-order valence-corrected chi connectivity index (χ4v) is 1.26. The Morgan fingerprint density at radius 3 is 2.78 bits per heavy atom. The van der Waals surface area contributed by atoms with E-state index in [1.54, 1.807) is 19.3 Å². The van der Waals surface area contributed by atoms with Crippen molar-refractivity contribution < 1.29 is 22.8 Å². The molecule has 0 aromatic carbocycles. The maximum absolute atomic E-state index is 12.1. The maximum atomic E-state index is 12.1. The topological polar surface area (TPSA) is 77.0 Å². The van der Waals surface area contributed by atoms with Crippen molar-refractivity contribution in [1.29, 1.82) is 0 Å². The summed E-state index contributed by atoms with van der Waals surface area (Å²) in [5, 5.41) is 16.3. The zero-order chi connectivity index (χ0) is 13.3. The van der Waals surface area contributed by atoms with Crippen molar-refractivity contribution in [1.82, 2.24) is 19.9 Å². The first-order valence-corrected chi connectivity index (χ1v) is 4.93. The van der Waals surface area contributed by atoms with Gasteiger partial charge in [-0.3, -0.25) is 4.68 Å². The van der Waals surface area contributed by atoms with Crippen LogP contribution in [0.1, 0.15) is 5.89 Å². The van der Waals surface area contributed by atoms with E-state index in [9.17, 15) is 13.2 Å². The van der Waals surface area contributed by atoms with E-state index in [4.69, 9.17) is 5.11 Å². The highest BCUT2D eigenvalue weighted by Gasteiger charge is 2.39. The lowest BCUT2D eigenvalue weighted by molar-refractivity contribution is -0.204. The molecule has 0 bridgehead atoms. The molecule has 0 radical (unpaired) electrons. The molecule has 2 rings (SSSR count). The van der Waals surface area contributed by atoms with Gasteiger partial charge in [0, 0.05) is 13.2 Å². The Morgan fingerprint density at radius 1 is 1.50 bits per heavy atom. The predicted molar refractivity (Wildman–Crippen MR) is 52.3 cm³/mol. The van der Waals surface area contributed by atoms with Gasteiger partial charge >= 0.3 is 6.18 Å². The first kappa shape index (κ1) is 12.6. The third kappa shape index (κ3) is 2.67. The second-order valence-corrected chi connectivity index (χ2v) is 3.65. The summed E-state index contributed by atoms with van der Waals surface area (Å²) in [4.78, 5) is 3.73. The van der Waals surface area contributed by atoms with Crippen molar-refractivity contribution in [3.05, 3.63) is 18.2 Å². The third-order valence-electron chi connectivity index (χ3n) is 2.16. The maximum Gasteiger partial charge on any atom is 0.414 e. The van der Waals surface area contributed by atoms with Crippen LogP contribution in [0.2, 0.25) is 0 Å². The van der Waals surface area contributed by atoms with Gasteiger partial charge in [0.2, 0.25) is 11.7 Å². The largest absolute Gasteiger partial charge is 0.414 e. The second-order valence-electron chi connectivity index (χ2n) is 3.65. The summed E-state index contributed by atoms with van der Waals surface area (Å²) in [6.45, 7) is 0. The Hall–Kier alpha value is -1.90. The van der Waals surface area contributed by atoms with E-state index in [0.717, 1.165) is 0 Å². The van der Waals surface area contributed by atoms with E-state index in [1.807, 2.05) is 0 Å². The van der Waals surface area contributed by atoms with E-state index < -0.39 is 18.7 Å². The minimum Gasteiger partial charge on any atom is -0.383 e. The van der Waals surface area contributed by atoms with Crippen molar-refractivity contribution in [2.75, 3.05) is 0 Å². The molecule has 0 aliphatic rings. The molecule has 0 saturated carbocycles. The lowest BCUT2D eigenvalue weighted by atomic mass is 10.2. The molecule has 98 valence electrons. The zero-order valence-corrected chi connectivity index (χ0v) is 9.22. The minimum absolute atomic E-state index is 0.0833. The highest BCUT2D eigenvalue weighted by atomic mass is 19.4. The lowest BCUT2D eigenvalue weighted by Gasteiger charge is -2.11. The molecule has 1 N–H and O–H groups in total. The van der Waals surface area contributed by atoms with Gasteiger partial charge in [0.25, 0.3) is 0 Å². The summed E-state index contributed by atoms with van der Waals surface area (Å²) >= 11 is 0. The molecule has 2 aromatic heterocycles. The summed E-state index contributed by atoms with van der Waals surface area (Å²) in [6, 6.07) is 1.59. The van der Waals surface area contributed by atoms with Crippen molar-refractivity contribution in [2.24, 2.45) is 7.05 Å². The van der Waals surface area contributed by atoms with Gasteiger partial charge in [-0.05, 0) is 6.07 Å². The van der Waals surface area contributed by atoms with Crippen molar-refractivity contribution >= 4 is 0 Å². The molecule has 0 fully saturated rings. The van der Waals surface area contributed by atoms with Crippen LogP contribution in [0, 0.1) is 0 Å². The molecule has 2 heterocycles. The van der Waals surface area contributed by atoms with Gasteiger partial charge in [0.1, 0.15) is 5.69 Å². The Morgan fingerprint density at radius 2 is 2.22 bits per heavy atom. The number of aliphatic hydroxyl groups excluding tert-OH is 1. The first-order chi connectivity index (χ1) is 8.36. The van der Waals surface area contributed by atoms with Crippen molar-refractivity contribution in [3.63, 3.8) is 0 Å². The Labute approximate surface area is 99.0 Å². The molecule has 9 heteroatoms. The Balaban J connectivity index is 2.12. The van der Waals surface area contributed by atoms with E-state index in [2.05, 4.69) is 19.8 Å². The number of hydrogen-bond acceptors (Lipinski definition) is 5. The normalized spacial score (nSPS) is 13.8. The summed E-state index contributed by atoms with van der Waals surface area (Å²) < 4.78 is 42.5. The SMILES string of the molecule is Cn1ccc(-c2noc(CC(O)C(F)(F)F)n2)n1. The number of aromatic nitrogens is 4. The Kier molecular flexibility index (Phi) is 3.07. The van der Waals surface area contributed by atoms with Gasteiger partial charge in [0.05, 0.1) is 6.42 Å². The van der Waals surface area contributed by atoms with Crippen LogP contribution < -0.4 is 0 Å². The number of aliphatic hydroxyl groups is 1. The summed E-state index contributed by atoms with van der Waals surface area (Å²) in [5.41, 5.74) is 0.383. The summed E-state index contributed by atoms with van der Waals surface area (Å²) in [6.07, 6.45) is -6.37. The number of nitrogens with zero attached hydrogens (tertiary/aromatic N) is 4. The number of halogens is 3. The van der Waals surface area contributed by atoms with Gasteiger partial charge in [-0.15, -0.1) is 0 Å². The van der Waals surface area contributed by atoms with Gasteiger partial charge in [-0.1, -0.05) is 5.16 Å². The monoisotopic (exact) mass is 262 g/mol. The molecule has 0 amide bonds. The molecular formula is C9H9F3N4O2. The molecule has 0 aliphatic carbocycles. The molecular weight excluding hydrogens is 253 g/mol. The number of rotatable bonds is 3. The highest BCUT2D eigenvalue weighted by molar-refractivity contribution is 5.46. The first-order valence-electron chi connectivity index (χ1n) is 4.93. The van der Waals surface area contributed by atoms with Gasteiger partial charge < -0.3 is 9.63 Å². The van der Waals surface area contributed by atoms with Crippen LogP contribution in [0.3, 0.4) is 0 Å². The number of aryl methyl sites for hydroxylation is 1. The average Bonchev–Trinajstić information content (AvgIpc) is 2.85. The van der Waals surface area contributed by atoms with Crippen LogP contribution in [-0.2, 0) is 13.5 Å². The predicted octanol–water partition coefficient (Wildman–Crippen LogP) is 0.936. The number of alkyl halides is 3. The minimum atomic E-state index is -4.71. The van der Waals surface area contributed by atoms with Crippen LogP contribution in [0.4, 0.5) is 13.2 Å². The third-order valence-corrected chi connectivity index (χ3v) is 2.16. The van der Waals surface area contributed by atoms with Crippen molar-refractivity contribution in [3.8, 4) is 11.5 Å². The molecule has 18 heavy (non-hydrogen) atoms. The zero-order valence-electron chi connectivity index (χ0n) is 9.22. The molecule has 2 aromatic rings. The molecule has 0 spiro atoms. The van der Waals surface area contributed by atoms with E-state index in [-0.39, 0.29) is 11.7 Å². The summed E-state index contributed by atoms with van der Waals surface area (Å²) in [5.74, 6) is -0.208. The van der Waals surface area contributed by atoms with E-state index >= 15 is 0 Å². The van der Waals surface area contributed by atoms with Crippen LogP contribution in [-0.4, -0.2) is 37.3 Å². The summed E-state index contributed by atoms with van der Waals surface area (Å²) in [7, 11) is 1.68. The second kappa shape index (κ2) is 4.41. The fourth-order valence-electron chi connectivity index (χ4n) is 1.26. The quantitative estimate of drug-likeness (QED) is 0.890. The van der Waals surface area contributed by atoms with Crippen molar-refractivity contribution in [2.45, 2.75) is 18.7 Å².